The highest BCUT2D eigenvalue weighted by Crippen LogP contribution is 2.34. The molecule has 1 aromatic rings. The van der Waals surface area contributed by atoms with Crippen molar-refractivity contribution >= 4 is 10.0 Å². The van der Waals surface area contributed by atoms with Crippen molar-refractivity contribution in [3.8, 4) is 0 Å². The van der Waals surface area contributed by atoms with Gasteiger partial charge in [-0.3, -0.25) is 0 Å². The smallest absolute Gasteiger partial charge is 0.214 e. The van der Waals surface area contributed by atoms with Crippen molar-refractivity contribution in [2.24, 2.45) is 11.7 Å². The Morgan fingerprint density at radius 3 is 2.47 bits per heavy atom. The summed E-state index contributed by atoms with van der Waals surface area (Å²) >= 11 is 0. The minimum Gasteiger partial charge on any atom is -0.326 e. The molecule has 19 heavy (non-hydrogen) atoms. The Balaban J connectivity index is 1.74. The van der Waals surface area contributed by atoms with Gasteiger partial charge in [-0.1, -0.05) is 30.3 Å². The molecule has 2 aliphatic rings. The number of sulfonamides is 1. The van der Waals surface area contributed by atoms with Gasteiger partial charge in [0.2, 0.25) is 10.0 Å². The minimum atomic E-state index is -3.12. The topological polar surface area (TPSA) is 63.4 Å². The number of hydrogen-bond acceptors (Lipinski definition) is 3. The lowest BCUT2D eigenvalue weighted by Gasteiger charge is -2.16. The first-order valence-electron chi connectivity index (χ1n) is 6.84. The van der Waals surface area contributed by atoms with Gasteiger partial charge in [-0.2, -0.15) is 4.31 Å². The molecule has 4 nitrogen and oxygen atoms in total. The Hall–Kier alpha value is -0.910. The molecule has 0 aromatic heterocycles. The molecule has 1 saturated carbocycles. The van der Waals surface area contributed by atoms with E-state index in [2.05, 4.69) is 0 Å². The first kappa shape index (κ1) is 13.1. The first-order valence-corrected chi connectivity index (χ1v) is 8.45. The molecule has 0 radical (unpaired) electrons. The SMILES string of the molecule is NC1CN(S(=O)(=O)CC2CC2)CC1c1ccccc1. The van der Waals surface area contributed by atoms with E-state index < -0.39 is 10.0 Å². The lowest BCUT2D eigenvalue weighted by molar-refractivity contribution is 0.467. The van der Waals surface area contributed by atoms with Crippen molar-refractivity contribution in [2.75, 3.05) is 18.8 Å². The summed E-state index contributed by atoms with van der Waals surface area (Å²) < 4.78 is 26.1. The molecular formula is C14H20N2O2S. The Labute approximate surface area is 114 Å². The first-order chi connectivity index (χ1) is 9.06. The lowest BCUT2D eigenvalue weighted by Crippen LogP contribution is -2.34. The summed E-state index contributed by atoms with van der Waals surface area (Å²) in [7, 11) is -3.12. The third-order valence-electron chi connectivity index (χ3n) is 4.10. The molecule has 3 rings (SSSR count). The summed E-state index contributed by atoms with van der Waals surface area (Å²) in [4.78, 5) is 0. The van der Waals surface area contributed by atoms with Crippen LogP contribution in [0.3, 0.4) is 0 Å². The average Bonchev–Trinajstić information content (AvgIpc) is 3.09. The molecule has 1 aliphatic heterocycles. The standard InChI is InChI=1S/C14H20N2O2S/c15-14-9-16(19(17,18)10-11-6-7-11)8-13(14)12-4-2-1-3-5-12/h1-5,11,13-14H,6-10,15H2. The van der Waals surface area contributed by atoms with Crippen molar-refractivity contribution in [1.29, 1.82) is 0 Å². The third kappa shape index (κ3) is 2.83. The van der Waals surface area contributed by atoms with E-state index in [0.717, 1.165) is 18.4 Å². The summed E-state index contributed by atoms with van der Waals surface area (Å²) in [5.41, 5.74) is 7.28. The van der Waals surface area contributed by atoms with E-state index in [-0.39, 0.29) is 12.0 Å². The second-order valence-corrected chi connectivity index (χ2v) is 7.73. The highest BCUT2D eigenvalue weighted by Gasteiger charge is 2.39. The van der Waals surface area contributed by atoms with Crippen LogP contribution in [0.15, 0.2) is 30.3 Å². The van der Waals surface area contributed by atoms with Crippen LogP contribution in [0.2, 0.25) is 0 Å². The Kier molecular flexibility index (Phi) is 3.37. The van der Waals surface area contributed by atoms with E-state index in [1.165, 1.54) is 0 Å². The number of nitrogens with zero attached hydrogens (tertiary/aromatic N) is 1. The van der Waals surface area contributed by atoms with Gasteiger partial charge in [-0.25, -0.2) is 8.42 Å². The lowest BCUT2D eigenvalue weighted by atomic mass is 9.95. The molecule has 1 aliphatic carbocycles. The van der Waals surface area contributed by atoms with Crippen LogP contribution in [0.4, 0.5) is 0 Å². The van der Waals surface area contributed by atoms with Gasteiger partial charge in [0.15, 0.2) is 0 Å². The van der Waals surface area contributed by atoms with E-state index in [4.69, 9.17) is 5.73 Å². The second kappa shape index (κ2) is 4.89. The van der Waals surface area contributed by atoms with E-state index in [1.54, 1.807) is 4.31 Å². The predicted molar refractivity (Wildman–Crippen MR) is 75.2 cm³/mol. The number of benzene rings is 1. The monoisotopic (exact) mass is 280 g/mol. The molecule has 1 heterocycles. The molecule has 2 unspecified atom stereocenters. The van der Waals surface area contributed by atoms with Crippen LogP contribution in [0.25, 0.3) is 0 Å². The average molecular weight is 280 g/mol. The summed E-state index contributed by atoms with van der Waals surface area (Å²) in [5, 5.41) is 0. The highest BCUT2D eigenvalue weighted by atomic mass is 32.2. The van der Waals surface area contributed by atoms with E-state index in [1.807, 2.05) is 30.3 Å². The van der Waals surface area contributed by atoms with Crippen molar-refractivity contribution in [1.82, 2.24) is 4.31 Å². The Bertz CT molecular complexity index is 540. The van der Waals surface area contributed by atoms with Crippen LogP contribution in [0, 0.1) is 5.92 Å². The Morgan fingerprint density at radius 2 is 1.84 bits per heavy atom. The zero-order valence-electron chi connectivity index (χ0n) is 10.9. The fourth-order valence-corrected chi connectivity index (χ4v) is 4.69. The van der Waals surface area contributed by atoms with Gasteiger partial charge in [0.05, 0.1) is 5.75 Å². The van der Waals surface area contributed by atoms with Gasteiger partial charge in [-0.15, -0.1) is 0 Å². The molecule has 0 amide bonds. The normalized spacial score (nSPS) is 28.7. The van der Waals surface area contributed by atoms with E-state index >= 15 is 0 Å². The van der Waals surface area contributed by atoms with Gasteiger partial charge >= 0.3 is 0 Å². The second-order valence-electron chi connectivity index (χ2n) is 5.72. The van der Waals surface area contributed by atoms with Crippen LogP contribution in [0.1, 0.15) is 24.3 Å². The molecule has 5 heteroatoms. The van der Waals surface area contributed by atoms with Crippen molar-refractivity contribution in [3.05, 3.63) is 35.9 Å². The molecule has 104 valence electrons. The quantitative estimate of drug-likeness (QED) is 0.900. The van der Waals surface area contributed by atoms with Crippen LogP contribution < -0.4 is 5.73 Å². The molecule has 2 fully saturated rings. The molecular weight excluding hydrogens is 260 g/mol. The van der Waals surface area contributed by atoms with Crippen LogP contribution in [-0.4, -0.2) is 37.6 Å². The van der Waals surface area contributed by atoms with Gasteiger partial charge < -0.3 is 5.73 Å². The maximum Gasteiger partial charge on any atom is 0.214 e. The summed E-state index contributed by atoms with van der Waals surface area (Å²) in [5.74, 6) is 0.813. The highest BCUT2D eigenvalue weighted by molar-refractivity contribution is 7.89. The zero-order valence-corrected chi connectivity index (χ0v) is 11.7. The van der Waals surface area contributed by atoms with Crippen LogP contribution in [0.5, 0.6) is 0 Å². The van der Waals surface area contributed by atoms with Crippen molar-refractivity contribution in [2.45, 2.75) is 24.8 Å². The fraction of sp³-hybridized carbons (Fsp3) is 0.571. The summed E-state index contributed by atoms with van der Waals surface area (Å²) in [6.07, 6.45) is 2.11. The largest absolute Gasteiger partial charge is 0.326 e. The maximum absolute atomic E-state index is 12.3. The van der Waals surface area contributed by atoms with Crippen LogP contribution >= 0.6 is 0 Å². The van der Waals surface area contributed by atoms with Gasteiger partial charge in [0.25, 0.3) is 0 Å². The van der Waals surface area contributed by atoms with Crippen LogP contribution in [-0.2, 0) is 10.0 Å². The maximum atomic E-state index is 12.3. The number of nitrogens with two attached hydrogens (primary N) is 1. The van der Waals surface area contributed by atoms with Crippen molar-refractivity contribution < 1.29 is 8.42 Å². The van der Waals surface area contributed by atoms with E-state index in [0.29, 0.717) is 24.8 Å². The van der Waals surface area contributed by atoms with E-state index in [9.17, 15) is 8.42 Å². The summed E-state index contributed by atoms with van der Waals surface area (Å²) in [6.45, 7) is 0.981. The fourth-order valence-electron chi connectivity index (χ4n) is 2.76. The molecule has 1 saturated heterocycles. The van der Waals surface area contributed by atoms with Gasteiger partial charge in [-0.05, 0) is 24.3 Å². The molecule has 2 N–H and O–H groups in total. The number of rotatable bonds is 4. The molecule has 2 atom stereocenters. The Morgan fingerprint density at radius 1 is 1.16 bits per heavy atom. The number of hydrogen-bond donors (Lipinski definition) is 1. The van der Waals surface area contributed by atoms with Crippen molar-refractivity contribution in [3.63, 3.8) is 0 Å². The van der Waals surface area contributed by atoms with Gasteiger partial charge in [0, 0.05) is 25.0 Å². The molecule has 0 spiro atoms. The summed E-state index contributed by atoms with van der Waals surface area (Å²) in [6, 6.07) is 9.87. The molecule has 0 bridgehead atoms. The minimum absolute atomic E-state index is 0.101. The third-order valence-corrected chi connectivity index (χ3v) is 6.07. The van der Waals surface area contributed by atoms with Gasteiger partial charge in [0.1, 0.15) is 0 Å². The zero-order chi connectivity index (χ0) is 13.5. The molecule has 1 aromatic carbocycles. The predicted octanol–water partition coefficient (Wildman–Crippen LogP) is 1.15.